The van der Waals surface area contributed by atoms with Gasteiger partial charge >= 0.3 is 0 Å². The van der Waals surface area contributed by atoms with Gasteiger partial charge in [0.1, 0.15) is 16.9 Å². The third-order valence-electron chi connectivity index (χ3n) is 6.52. The first-order valence-corrected chi connectivity index (χ1v) is 15.7. The van der Waals surface area contributed by atoms with E-state index in [0.717, 1.165) is 22.3 Å². The molecule has 2 aromatic heterocycles. The zero-order chi connectivity index (χ0) is 30.4. The van der Waals surface area contributed by atoms with E-state index < -0.39 is 15.3 Å². The zero-order valence-electron chi connectivity index (χ0n) is 23.4. The zero-order valence-corrected chi connectivity index (χ0v) is 25.0. The number of aromatic nitrogens is 2. The van der Waals surface area contributed by atoms with Gasteiger partial charge in [0.05, 0.1) is 21.4 Å². The van der Waals surface area contributed by atoms with E-state index in [1.54, 1.807) is 25.1 Å². The number of nitriles is 1. The van der Waals surface area contributed by atoms with Gasteiger partial charge in [-0.05, 0) is 61.9 Å². The molecule has 3 aromatic carbocycles. The molecule has 0 bridgehead atoms. The second-order valence-corrected chi connectivity index (χ2v) is 12.7. The van der Waals surface area contributed by atoms with Crippen LogP contribution in [0.25, 0.3) is 22.4 Å². The predicted octanol–water partition coefficient (Wildman–Crippen LogP) is 6.91. The normalized spacial score (nSPS) is 11.7. The van der Waals surface area contributed by atoms with Crippen LogP contribution in [-0.4, -0.2) is 29.5 Å². The molecule has 0 aliphatic rings. The lowest BCUT2D eigenvalue weighted by Crippen LogP contribution is -2.22. The number of anilines is 2. The number of hydrogen-bond donors (Lipinski definition) is 2. The molecule has 0 radical (unpaired) electrons. The molecule has 2 N–H and O–H groups in total. The number of thioether (sulfide) groups is 1. The lowest BCUT2D eigenvalue weighted by molar-refractivity contribution is -0.115. The Balaban J connectivity index is 1.37. The number of carbonyl (C=O) groups is 1. The largest absolute Gasteiger partial charge is 0.325 e. The van der Waals surface area contributed by atoms with Gasteiger partial charge in [-0.1, -0.05) is 78.0 Å². The number of aryl methyl sites for hydroxylation is 1. The van der Waals surface area contributed by atoms with E-state index in [2.05, 4.69) is 21.1 Å². The molecule has 0 aliphatic carbocycles. The summed E-state index contributed by atoms with van der Waals surface area (Å²) in [6, 6.07) is 32.6. The minimum atomic E-state index is -3.85. The smallest absolute Gasteiger partial charge is 0.263 e. The molecule has 0 spiro atoms. The van der Waals surface area contributed by atoms with Crippen molar-refractivity contribution in [2.45, 2.75) is 29.0 Å². The van der Waals surface area contributed by atoms with Gasteiger partial charge < -0.3 is 5.32 Å². The van der Waals surface area contributed by atoms with E-state index in [1.165, 1.54) is 42.2 Å². The Morgan fingerprint density at radius 3 is 2.26 bits per heavy atom. The Hall–Kier alpha value is -4.98. The van der Waals surface area contributed by atoms with Crippen molar-refractivity contribution in [1.82, 2.24) is 9.97 Å². The van der Waals surface area contributed by atoms with Gasteiger partial charge in [-0.3, -0.25) is 9.52 Å². The maximum atomic E-state index is 13.2. The molecule has 214 valence electrons. The van der Waals surface area contributed by atoms with Gasteiger partial charge in [0.2, 0.25) is 5.91 Å². The molecule has 8 nitrogen and oxygen atoms in total. The molecule has 43 heavy (non-hydrogen) atoms. The van der Waals surface area contributed by atoms with Gasteiger partial charge in [0.25, 0.3) is 10.0 Å². The first-order chi connectivity index (χ1) is 20.7. The standard InChI is InChI=1S/C33H27N5O3S2/c1-22-11-13-24(14-12-22)28-20-30(25-8-4-3-5-9-25)37-33(29(28)21-34)42-23(2)32(39)36-26-15-17-27(18-16-26)43(40,41)38-31-10-6-7-19-35-31/h3-20,23H,1-2H3,(H,35,38)(H,36,39). The third-order valence-corrected chi connectivity index (χ3v) is 8.98. The first kappa shape index (κ1) is 29.5. The van der Waals surface area contributed by atoms with Crippen molar-refractivity contribution in [2.24, 2.45) is 0 Å². The van der Waals surface area contributed by atoms with Crippen LogP contribution < -0.4 is 10.0 Å². The van der Waals surface area contributed by atoms with E-state index >= 15 is 0 Å². The molecule has 2 heterocycles. The average molecular weight is 606 g/mol. The minimum Gasteiger partial charge on any atom is -0.325 e. The number of rotatable bonds is 9. The van der Waals surface area contributed by atoms with Crippen molar-refractivity contribution in [1.29, 1.82) is 5.26 Å². The van der Waals surface area contributed by atoms with Crippen molar-refractivity contribution in [3.05, 3.63) is 120 Å². The molecule has 1 unspecified atom stereocenters. The second-order valence-electron chi connectivity index (χ2n) is 9.67. The molecule has 5 aromatic rings. The fourth-order valence-corrected chi connectivity index (χ4v) is 6.17. The van der Waals surface area contributed by atoms with Crippen LogP contribution >= 0.6 is 11.8 Å². The lowest BCUT2D eigenvalue weighted by atomic mass is 9.98. The number of amides is 1. The summed E-state index contributed by atoms with van der Waals surface area (Å²) in [5.41, 5.74) is 5.14. The SMILES string of the molecule is Cc1ccc(-c2cc(-c3ccccc3)nc(SC(C)C(=O)Nc3ccc(S(=O)(=O)Nc4ccccn4)cc3)c2C#N)cc1. The number of carbonyl (C=O) groups excluding carboxylic acids is 1. The molecule has 10 heteroatoms. The lowest BCUT2D eigenvalue weighted by Gasteiger charge is -2.16. The Labute approximate surface area is 254 Å². The van der Waals surface area contributed by atoms with Crippen LogP contribution in [0.2, 0.25) is 0 Å². The summed E-state index contributed by atoms with van der Waals surface area (Å²) in [7, 11) is -3.85. The summed E-state index contributed by atoms with van der Waals surface area (Å²) < 4.78 is 27.8. The Bertz CT molecular complexity index is 1890. The van der Waals surface area contributed by atoms with Crippen molar-refractivity contribution >= 4 is 39.2 Å². The minimum absolute atomic E-state index is 0.0304. The molecule has 5 rings (SSSR count). The van der Waals surface area contributed by atoms with Gasteiger partial charge in [-0.15, -0.1) is 0 Å². The average Bonchev–Trinajstić information content (AvgIpc) is 3.02. The highest BCUT2D eigenvalue weighted by Gasteiger charge is 2.22. The maximum absolute atomic E-state index is 13.2. The third kappa shape index (κ3) is 7.09. The number of nitrogens with one attached hydrogen (secondary N) is 2. The van der Waals surface area contributed by atoms with Crippen molar-refractivity contribution < 1.29 is 13.2 Å². The number of sulfonamides is 1. The number of pyridine rings is 2. The van der Waals surface area contributed by atoms with Gasteiger partial charge in [-0.25, -0.2) is 18.4 Å². The van der Waals surface area contributed by atoms with E-state index in [0.29, 0.717) is 22.0 Å². The van der Waals surface area contributed by atoms with E-state index in [4.69, 9.17) is 4.98 Å². The summed E-state index contributed by atoms with van der Waals surface area (Å²) in [5, 5.41) is 12.8. The van der Waals surface area contributed by atoms with Crippen LogP contribution in [0.5, 0.6) is 0 Å². The molecular formula is C33H27N5O3S2. The van der Waals surface area contributed by atoms with Gasteiger partial charge in [0.15, 0.2) is 0 Å². The molecule has 0 fully saturated rings. The van der Waals surface area contributed by atoms with Crippen molar-refractivity contribution in [2.75, 3.05) is 10.0 Å². The highest BCUT2D eigenvalue weighted by molar-refractivity contribution is 8.00. The van der Waals surface area contributed by atoms with Gasteiger partial charge in [0, 0.05) is 23.0 Å². The van der Waals surface area contributed by atoms with Crippen molar-refractivity contribution in [3.63, 3.8) is 0 Å². The molecular weight excluding hydrogens is 579 g/mol. The van der Waals surface area contributed by atoms with Crippen LogP contribution in [0.15, 0.2) is 119 Å². The predicted molar refractivity (Wildman–Crippen MR) is 170 cm³/mol. The molecule has 1 atom stereocenters. The van der Waals surface area contributed by atoms with E-state index in [9.17, 15) is 18.5 Å². The van der Waals surface area contributed by atoms with Gasteiger partial charge in [-0.2, -0.15) is 5.26 Å². The quantitative estimate of drug-likeness (QED) is 0.175. The highest BCUT2D eigenvalue weighted by atomic mass is 32.2. The fourth-order valence-electron chi connectivity index (χ4n) is 4.23. The molecule has 0 saturated carbocycles. The number of benzene rings is 3. The Morgan fingerprint density at radius 2 is 1.60 bits per heavy atom. The summed E-state index contributed by atoms with van der Waals surface area (Å²) in [6.07, 6.45) is 1.49. The topological polar surface area (TPSA) is 125 Å². The first-order valence-electron chi connectivity index (χ1n) is 13.3. The number of hydrogen-bond acceptors (Lipinski definition) is 7. The summed E-state index contributed by atoms with van der Waals surface area (Å²) in [5.74, 6) is -0.113. The summed E-state index contributed by atoms with van der Waals surface area (Å²) in [4.78, 5) is 22.0. The molecule has 0 saturated heterocycles. The van der Waals surface area contributed by atoms with Crippen LogP contribution in [-0.2, 0) is 14.8 Å². The van der Waals surface area contributed by atoms with Crippen molar-refractivity contribution in [3.8, 4) is 28.5 Å². The monoisotopic (exact) mass is 605 g/mol. The van der Waals surface area contributed by atoms with E-state index in [1.807, 2.05) is 67.6 Å². The fraction of sp³-hybridized carbons (Fsp3) is 0.0909. The Kier molecular flexibility index (Phi) is 8.85. The maximum Gasteiger partial charge on any atom is 0.263 e. The highest BCUT2D eigenvalue weighted by Crippen LogP contribution is 2.36. The molecule has 1 amide bonds. The summed E-state index contributed by atoms with van der Waals surface area (Å²) in [6.45, 7) is 3.74. The molecule has 0 aliphatic heterocycles. The van der Waals surface area contributed by atoms with E-state index in [-0.39, 0.29) is 16.6 Å². The van der Waals surface area contributed by atoms with Crippen LogP contribution in [0.3, 0.4) is 0 Å². The summed E-state index contributed by atoms with van der Waals surface area (Å²) >= 11 is 1.19. The van der Waals surface area contributed by atoms with Crippen LogP contribution in [0, 0.1) is 18.3 Å². The number of nitrogens with zero attached hydrogens (tertiary/aromatic N) is 3. The van der Waals surface area contributed by atoms with Crippen LogP contribution in [0.1, 0.15) is 18.1 Å². The Morgan fingerprint density at radius 1 is 0.907 bits per heavy atom. The van der Waals surface area contributed by atoms with Crippen LogP contribution in [0.4, 0.5) is 11.5 Å². The second kappa shape index (κ2) is 12.9.